The summed E-state index contributed by atoms with van der Waals surface area (Å²) in [7, 11) is 0. The number of thiocarbonyl (C=S) groups is 1. The van der Waals surface area contributed by atoms with Gasteiger partial charge in [-0.3, -0.25) is 9.59 Å². The molecule has 0 aromatic carbocycles. The number of aliphatic carboxylic acids is 1. The molecule has 0 aromatic heterocycles. The summed E-state index contributed by atoms with van der Waals surface area (Å²) in [6.45, 7) is 4.15. The second kappa shape index (κ2) is 25.7. The van der Waals surface area contributed by atoms with E-state index in [0.717, 1.165) is 50.7 Å². The standard InChI is InChI=1S/C29H50O7S/c1-3-5-7-9-11-13-15-17-19-27(32)34-23-25(36-29(37)22-21-26(30)31)24-35-28(33)20-18-16-14-12-10-8-6-4-2/h21-22,25H,3-20,23-24H2,1-2H3,(H,30,31)/b22-21+. The molecule has 0 aliphatic carbocycles. The van der Waals surface area contributed by atoms with Crippen molar-refractivity contribution in [2.45, 2.75) is 136 Å². The molecule has 0 aliphatic rings. The van der Waals surface area contributed by atoms with Gasteiger partial charge in [0.1, 0.15) is 13.2 Å². The number of ether oxygens (including phenoxy) is 3. The first kappa shape index (κ1) is 35.0. The van der Waals surface area contributed by atoms with Gasteiger partial charge >= 0.3 is 17.9 Å². The highest BCUT2D eigenvalue weighted by molar-refractivity contribution is 7.80. The Labute approximate surface area is 229 Å². The van der Waals surface area contributed by atoms with Gasteiger partial charge in [0.05, 0.1) is 0 Å². The number of esters is 2. The predicted molar refractivity (Wildman–Crippen MR) is 151 cm³/mol. The third-order valence-corrected chi connectivity index (χ3v) is 6.21. The highest BCUT2D eigenvalue weighted by Crippen LogP contribution is 2.12. The third-order valence-electron chi connectivity index (χ3n) is 5.97. The minimum absolute atomic E-state index is 0.0781. The highest BCUT2D eigenvalue weighted by atomic mass is 32.1. The van der Waals surface area contributed by atoms with Gasteiger partial charge in [-0.2, -0.15) is 0 Å². The van der Waals surface area contributed by atoms with Crippen LogP contribution >= 0.6 is 12.2 Å². The van der Waals surface area contributed by atoms with Gasteiger partial charge in [-0.05, 0) is 31.1 Å². The van der Waals surface area contributed by atoms with E-state index in [1.54, 1.807) is 0 Å². The Morgan fingerprint density at radius 1 is 0.649 bits per heavy atom. The van der Waals surface area contributed by atoms with Crippen molar-refractivity contribution in [3.8, 4) is 0 Å². The summed E-state index contributed by atoms with van der Waals surface area (Å²) < 4.78 is 16.1. The summed E-state index contributed by atoms with van der Waals surface area (Å²) in [4.78, 5) is 35.0. The first-order valence-corrected chi connectivity index (χ1v) is 14.7. The van der Waals surface area contributed by atoms with E-state index in [4.69, 9.17) is 31.5 Å². The Morgan fingerprint density at radius 2 is 1.03 bits per heavy atom. The Balaban J connectivity index is 4.30. The molecular weight excluding hydrogens is 492 g/mol. The van der Waals surface area contributed by atoms with Gasteiger partial charge in [-0.15, -0.1) is 0 Å². The van der Waals surface area contributed by atoms with Crippen molar-refractivity contribution < 1.29 is 33.7 Å². The molecular formula is C29H50O7S. The summed E-state index contributed by atoms with van der Waals surface area (Å²) in [6, 6.07) is 0. The molecule has 37 heavy (non-hydrogen) atoms. The summed E-state index contributed by atoms with van der Waals surface area (Å²) in [5.41, 5.74) is 0. The number of unbranched alkanes of at least 4 members (excludes halogenated alkanes) is 14. The SMILES string of the molecule is CCCCCCCCCCC(=O)OCC(COC(=O)CCCCCCCCCC)OC(=S)/C=C/C(=O)O. The molecule has 0 aromatic rings. The Morgan fingerprint density at radius 3 is 1.41 bits per heavy atom. The molecule has 8 heteroatoms. The number of carbonyl (C=O) groups is 3. The molecule has 0 amide bonds. The maximum Gasteiger partial charge on any atom is 0.328 e. The third kappa shape index (κ3) is 25.5. The maximum absolute atomic E-state index is 12.1. The van der Waals surface area contributed by atoms with Crippen LogP contribution in [0.15, 0.2) is 12.2 Å². The van der Waals surface area contributed by atoms with E-state index in [1.807, 2.05) is 0 Å². The van der Waals surface area contributed by atoms with Crippen molar-refractivity contribution >= 4 is 35.2 Å². The lowest BCUT2D eigenvalue weighted by Crippen LogP contribution is -2.30. The number of carboxylic acids is 1. The van der Waals surface area contributed by atoms with Crippen molar-refractivity contribution in [1.82, 2.24) is 0 Å². The summed E-state index contributed by atoms with van der Waals surface area (Å²) in [6.07, 6.45) is 20.0. The van der Waals surface area contributed by atoms with Gasteiger partial charge in [0.2, 0.25) is 0 Å². The van der Waals surface area contributed by atoms with E-state index in [9.17, 15) is 14.4 Å². The van der Waals surface area contributed by atoms with E-state index in [-0.39, 0.29) is 30.2 Å². The topological polar surface area (TPSA) is 99.1 Å². The van der Waals surface area contributed by atoms with Crippen LogP contribution in [0.2, 0.25) is 0 Å². The van der Waals surface area contributed by atoms with Crippen LogP contribution in [-0.2, 0) is 28.6 Å². The summed E-state index contributed by atoms with van der Waals surface area (Å²) >= 11 is 5.03. The molecule has 0 rings (SSSR count). The molecule has 214 valence electrons. The van der Waals surface area contributed by atoms with Gasteiger partial charge in [-0.1, -0.05) is 104 Å². The smallest absolute Gasteiger partial charge is 0.328 e. The van der Waals surface area contributed by atoms with E-state index >= 15 is 0 Å². The first-order chi connectivity index (χ1) is 17.9. The normalized spacial score (nSPS) is 11.1. The minimum Gasteiger partial charge on any atom is -0.478 e. The van der Waals surface area contributed by atoms with Crippen LogP contribution in [0.4, 0.5) is 0 Å². The van der Waals surface area contributed by atoms with Crippen LogP contribution in [0.25, 0.3) is 0 Å². The fraction of sp³-hybridized carbons (Fsp3) is 0.793. The zero-order chi connectivity index (χ0) is 27.6. The fourth-order valence-electron chi connectivity index (χ4n) is 3.78. The van der Waals surface area contributed by atoms with Crippen molar-refractivity contribution in [3.05, 3.63) is 12.2 Å². The van der Waals surface area contributed by atoms with Crippen LogP contribution in [0.3, 0.4) is 0 Å². The number of carbonyl (C=O) groups excluding carboxylic acids is 2. The minimum atomic E-state index is -1.16. The number of rotatable bonds is 25. The van der Waals surface area contributed by atoms with E-state index in [2.05, 4.69) is 13.8 Å². The molecule has 0 heterocycles. The second-order valence-corrected chi connectivity index (χ2v) is 9.95. The molecule has 0 atom stereocenters. The van der Waals surface area contributed by atoms with Crippen molar-refractivity contribution in [3.63, 3.8) is 0 Å². The zero-order valence-electron chi connectivity index (χ0n) is 23.2. The molecule has 0 aliphatic heterocycles. The molecule has 0 radical (unpaired) electrons. The second-order valence-electron chi connectivity index (χ2n) is 9.55. The monoisotopic (exact) mass is 542 g/mol. The highest BCUT2D eigenvalue weighted by Gasteiger charge is 2.17. The Bertz CT molecular complexity index is 612. The average molecular weight is 543 g/mol. The van der Waals surface area contributed by atoms with Crippen LogP contribution in [-0.4, -0.2) is 47.4 Å². The van der Waals surface area contributed by atoms with E-state index in [1.165, 1.54) is 64.2 Å². The average Bonchev–Trinajstić information content (AvgIpc) is 2.87. The summed E-state index contributed by atoms with van der Waals surface area (Å²) in [5, 5.41) is 8.68. The molecule has 0 bridgehead atoms. The van der Waals surface area contributed by atoms with Crippen LogP contribution in [0.1, 0.15) is 129 Å². The number of carboxylic acid groups (broad SMARTS) is 1. The lowest BCUT2D eigenvalue weighted by Gasteiger charge is -2.18. The molecule has 1 N–H and O–H groups in total. The molecule has 0 saturated carbocycles. The Hall–Kier alpha value is -1.96. The Kier molecular flexibility index (Phi) is 24.3. The lowest BCUT2D eigenvalue weighted by molar-refractivity contribution is -0.151. The largest absolute Gasteiger partial charge is 0.478 e. The van der Waals surface area contributed by atoms with Gasteiger partial charge in [0.15, 0.2) is 11.2 Å². The molecule has 0 saturated heterocycles. The van der Waals surface area contributed by atoms with Gasteiger partial charge in [-0.25, -0.2) is 4.79 Å². The number of hydrogen-bond donors (Lipinski definition) is 1. The van der Waals surface area contributed by atoms with Crippen molar-refractivity contribution in [1.29, 1.82) is 0 Å². The molecule has 0 spiro atoms. The van der Waals surface area contributed by atoms with Crippen LogP contribution in [0.5, 0.6) is 0 Å². The van der Waals surface area contributed by atoms with Crippen LogP contribution in [0, 0.1) is 0 Å². The summed E-state index contributed by atoms with van der Waals surface area (Å²) in [5.74, 6) is -1.83. The first-order valence-electron chi connectivity index (χ1n) is 14.3. The van der Waals surface area contributed by atoms with Crippen molar-refractivity contribution in [2.24, 2.45) is 0 Å². The van der Waals surface area contributed by atoms with E-state index < -0.39 is 12.1 Å². The van der Waals surface area contributed by atoms with Gasteiger partial charge in [0.25, 0.3) is 0 Å². The number of hydrogen-bond acceptors (Lipinski definition) is 7. The fourth-order valence-corrected chi connectivity index (χ4v) is 3.99. The quantitative estimate of drug-likeness (QED) is 0.0548. The molecule has 7 nitrogen and oxygen atoms in total. The van der Waals surface area contributed by atoms with Crippen LogP contribution < -0.4 is 0 Å². The molecule has 0 fully saturated rings. The van der Waals surface area contributed by atoms with Gasteiger partial charge in [0, 0.05) is 18.9 Å². The lowest BCUT2D eigenvalue weighted by atomic mass is 10.1. The van der Waals surface area contributed by atoms with Crippen molar-refractivity contribution in [2.75, 3.05) is 13.2 Å². The maximum atomic E-state index is 12.1. The predicted octanol–water partition coefficient (Wildman–Crippen LogP) is 7.49. The zero-order valence-corrected chi connectivity index (χ0v) is 24.0. The van der Waals surface area contributed by atoms with Gasteiger partial charge < -0.3 is 19.3 Å². The molecule has 0 unspecified atom stereocenters. The van der Waals surface area contributed by atoms with E-state index in [0.29, 0.717) is 12.8 Å².